The van der Waals surface area contributed by atoms with Gasteiger partial charge in [0.2, 0.25) is 0 Å². The Hall–Kier alpha value is -1.39. The third-order valence-corrected chi connectivity index (χ3v) is 3.35. The first kappa shape index (κ1) is 13.1. The fraction of sp³-hybridized carbons (Fsp3) is 0.357. The molecule has 1 aromatic carbocycles. The molecule has 0 radical (unpaired) electrons. The second kappa shape index (κ2) is 5.50. The lowest BCUT2D eigenvalue weighted by atomic mass is 10.2. The third kappa shape index (κ3) is 3.09. The van der Waals surface area contributed by atoms with E-state index in [0.29, 0.717) is 0 Å². The van der Waals surface area contributed by atoms with Crippen molar-refractivity contribution >= 4 is 11.3 Å². The Balaban J connectivity index is 2.26. The topological polar surface area (TPSA) is 48.1 Å². The Morgan fingerprint density at radius 1 is 1.28 bits per heavy atom. The summed E-state index contributed by atoms with van der Waals surface area (Å²) in [5.74, 6) is 0.875. The lowest BCUT2D eigenvalue weighted by Crippen LogP contribution is -2.05. The molecule has 0 amide bonds. The zero-order valence-electron chi connectivity index (χ0n) is 10.9. The van der Waals surface area contributed by atoms with Crippen LogP contribution in [0.2, 0.25) is 0 Å². The number of nitrogens with zero attached hydrogens (tertiary/aromatic N) is 1. The molecule has 0 spiro atoms. The second-order valence-corrected chi connectivity index (χ2v) is 5.42. The van der Waals surface area contributed by atoms with Gasteiger partial charge in [0, 0.05) is 17.0 Å². The molecule has 1 aromatic heterocycles. The molecule has 96 valence electrons. The van der Waals surface area contributed by atoms with Gasteiger partial charge in [-0.25, -0.2) is 4.98 Å². The van der Waals surface area contributed by atoms with E-state index in [-0.39, 0.29) is 12.1 Å². The number of ether oxygens (including phenoxy) is 1. The molecule has 0 aliphatic rings. The molecule has 0 saturated carbocycles. The van der Waals surface area contributed by atoms with Crippen LogP contribution in [0.4, 0.5) is 0 Å². The van der Waals surface area contributed by atoms with Gasteiger partial charge in [-0.2, -0.15) is 0 Å². The lowest BCUT2D eigenvalue weighted by molar-refractivity contribution is 0.242. The number of hydrogen-bond donors (Lipinski definition) is 1. The number of rotatable bonds is 4. The maximum absolute atomic E-state index is 5.82. The van der Waals surface area contributed by atoms with Gasteiger partial charge in [-0.05, 0) is 32.9 Å². The molecular formula is C14H18N2OS. The number of thiazole rings is 1. The molecule has 2 N–H and O–H groups in total. The highest BCUT2D eigenvalue weighted by molar-refractivity contribution is 7.13. The van der Waals surface area contributed by atoms with Crippen LogP contribution in [0, 0.1) is 0 Å². The van der Waals surface area contributed by atoms with Crippen LogP contribution in [-0.2, 0) is 0 Å². The summed E-state index contributed by atoms with van der Waals surface area (Å²) >= 11 is 1.61. The first-order valence-corrected chi connectivity index (χ1v) is 6.92. The van der Waals surface area contributed by atoms with Gasteiger partial charge in [0.15, 0.2) is 0 Å². The van der Waals surface area contributed by atoms with Crippen LogP contribution in [0.3, 0.4) is 0 Å². The first-order valence-electron chi connectivity index (χ1n) is 6.04. The van der Waals surface area contributed by atoms with Crippen molar-refractivity contribution in [3.8, 4) is 16.3 Å². The highest BCUT2D eigenvalue weighted by Gasteiger charge is 2.08. The normalized spacial score (nSPS) is 12.7. The molecule has 0 aliphatic heterocycles. The van der Waals surface area contributed by atoms with Crippen molar-refractivity contribution in [2.45, 2.75) is 32.9 Å². The second-order valence-electron chi connectivity index (χ2n) is 4.56. The van der Waals surface area contributed by atoms with E-state index in [9.17, 15) is 0 Å². The zero-order valence-corrected chi connectivity index (χ0v) is 11.7. The summed E-state index contributed by atoms with van der Waals surface area (Å²) in [6, 6.07) is 7.98. The van der Waals surface area contributed by atoms with Crippen LogP contribution < -0.4 is 10.5 Å². The van der Waals surface area contributed by atoms with E-state index in [1.54, 1.807) is 11.3 Å². The Bertz CT molecular complexity index is 520. The molecule has 2 aromatic rings. The monoisotopic (exact) mass is 262 g/mol. The Morgan fingerprint density at radius 3 is 2.67 bits per heavy atom. The molecule has 1 atom stereocenters. The van der Waals surface area contributed by atoms with E-state index < -0.39 is 0 Å². The molecule has 3 nitrogen and oxygen atoms in total. The molecule has 0 fully saturated rings. The van der Waals surface area contributed by atoms with E-state index in [1.807, 2.05) is 50.4 Å². The van der Waals surface area contributed by atoms with Crippen molar-refractivity contribution in [3.63, 3.8) is 0 Å². The van der Waals surface area contributed by atoms with Gasteiger partial charge >= 0.3 is 0 Å². The van der Waals surface area contributed by atoms with E-state index in [2.05, 4.69) is 4.98 Å². The molecule has 4 heteroatoms. The molecule has 1 unspecified atom stereocenters. The summed E-state index contributed by atoms with van der Waals surface area (Å²) in [6.45, 7) is 5.98. The SMILES string of the molecule is CC(C)Oc1cccc(-c2nc(C(C)N)cs2)c1. The summed E-state index contributed by atoms with van der Waals surface area (Å²) in [4.78, 5) is 4.54. The quantitative estimate of drug-likeness (QED) is 0.915. The smallest absolute Gasteiger partial charge is 0.123 e. The summed E-state index contributed by atoms with van der Waals surface area (Å²) in [6.07, 6.45) is 0.177. The number of benzene rings is 1. The maximum atomic E-state index is 5.82. The molecule has 0 bridgehead atoms. The standard InChI is InChI=1S/C14H18N2OS/c1-9(2)17-12-6-4-5-11(7-12)14-16-13(8-18-14)10(3)15/h4-10H,15H2,1-3H3. The van der Waals surface area contributed by atoms with Crippen molar-refractivity contribution in [3.05, 3.63) is 35.3 Å². The average molecular weight is 262 g/mol. The summed E-state index contributed by atoms with van der Waals surface area (Å²) in [5.41, 5.74) is 7.83. The van der Waals surface area contributed by atoms with Crippen LogP contribution in [0.15, 0.2) is 29.6 Å². The van der Waals surface area contributed by atoms with Crippen LogP contribution in [0.25, 0.3) is 10.6 Å². The number of hydrogen-bond acceptors (Lipinski definition) is 4. The maximum Gasteiger partial charge on any atom is 0.123 e. The van der Waals surface area contributed by atoms with Crippen molar-refractivity contribution in [1.82, 2.24) is 4.98 Å². The van der Waals surface area contributed by atoms with Gasteiger partial charge in [-0.15, -0.1) is 11.3 Å². The van der Waals surface area contributed by atoms with Crippen LogP contribution >= 0.6 is 11.3 Å². The van der Waals surface area contributed by atoms with Crippen molar-refractivity contribution in [1.29, 1.82) is 0 Å². The van der Waals surface area contributed by atoms with E-state index in [1.165, 1.54) is 0 Å². The number of nitrogens with two attached hydrogens (primary N) is 1. The Kier molecular flexibility index (Phi) is 3.99. The zero-order chi connectivity index (χ0) is 13.1. The fourth-order valence-electron chi connectivity index (χ4n) is 1.60. The van der Waals surface area contributed by atoms with E-state index >= 15 is 0 Å². The fourth-order valence-corrected chi connectivity index (χ4v) is 2.52. The molecule has 2 rings (SSSR count). The van der Waals surface area contributed by atoms with Crippen LogP contribution in [0.1, 0.15) is 32.5 Å². The summed E-state index contributed by atoms with van der Waals surface area (Å²) in [5, 5.41) is 2.99. The van der Waals surface area contributed by atoms with Crippen molar-refractivity contribution < 1.29 is 4.74 Å². The summed E-state index contributed by atoms with van der Waals surface area (Å²) < 4.78 is 5.68. The van der Waals surface area contributed by atoms with Gasteiger partial charge in [-0.1, -0.05) is 12.1 Å². The third-order valence-electron chi connectivity index (χ3n) is 2.44. The lowest BCUT2D eigenvalue weighted by Gasteiger charge is -2.10. The largest absolute Gasteiger partial charge is 0.491 e. The molecule has 0 saturated heterocycles. The highest BCUT2D eigenvalue weighted by Crippen LogP contribution is 2.28. The Labute approximate surface area is 112 Å². The predicted octanol–water partition coefficient (Wildman–Crippen LogP) is 3.62. The minimum Gasteiger partial charge on any atom is -0.491 e. The predicted molar refractivity (Wildman–Crippen MR) is 75.9 cm³/mol. The van der Waals surface area contributed by atoms with Crippen LogP contribution in [0.5, 0.6) is 5.75 Å². The molecule has 18 heavy (non-hydrogen) atoms. The first-order chi connectivity index (χ1) is 8.56. The molecule has 0 aliphatic carbocycles. The average Bonchev–Trinajstić information content (AvgIpc) is 2.77. The van der Waals surface area contributed by atoms with Gasteiger partial charge in [0.05, 0.1) is 11.8 Å². The minimum absolute atomic E-state index is 0.0231. The number of aromatic nitrogens is 1. The Morgan fingerprint density at radius 2 is 2.06 bits per heavy atom. The van der Waals surface area contributed by atoms with Gasteiger partial charge < -0.3 is 10.5 Å². The van der Waals surface area contributed by atoms with Crippen LogP contribution in [-0.4, -0.2) is 11.1 Å². The summed E-state index contributed by atoms with van der Waals surface area (Å²) in [7, 11) is 0. The molecular weight excluding hydrogens is 244 g/mol. The van der Waals surface area contributed by atoms with Gasteiger partial charge in [0.1, 0.15) is 10.8 Å². The van der Waals surface area contributed by atoms with Gasteiger partial charge in [0.25, 0.3) is 0 Å². The van der Waals surface area contributed by atoms with Gasteiger partial charge in [-0.3, -0.25) is 0 Å². The van der Waals surface area contributed by atoms with E-state index in [4.69, 9.17) is 10.5 Å². The van der Waals surface area contributed by atoms with Crippen molar-refractivity contribution in [2.24, 2.45) is 5.73 Å². The minimum atomic E-state index is -0.0231. The highest BCUT2D eigenvalue weighted by atomic mass is 32.1. The molecule has 1 heterocycles. The van der Waals surface area contributed by atoms with E-state index in [0.717, 1.165) is 22.0 Å². The van der Waals surface area contributed by atoms with Crippen molar-refractivity contribution in [2.75, 3.05) is 0 Å².